The van der Waals surface area contributed by atoms with Crippen molar-refractivity contribution in [2.45, 2.75) is 12.8 Å². The molecule has 1 fully saturated rings. The van der Waals surface area contributed by atoms with E-state index in [4.69, 9.17) is 39.5 Å². The zero-order chi connectivity index (χ0) is 12.3. The maximum absolute atomic E-state index is 6.04. The summed E-state index contributed by atoms with van der Waals surface area (Å²) in [7, 11) is 0. The van der Waals surface area contributed by atoms with Crippen LogP contribution < -0.4 is 10.1 Å². The Morgan fingerprint density at radius 1 is 1.17 bits per heavy atom. The molecule has 1 heterocycles. The molecule has 0 saturated carbocycles. The molecule has 1 N–H and O–H groups in total. The van der Waals surface area contributed by atoms with Crippen molar-refractivity contribution in [2.75, 3.05) is 19.7 Å². The normalized spacial score (nSPS) is 19.2. The van der Waals surface area contributed by atoms with E-state index in [1.54, 1.807) is 12.1 Å². The van der Waals surface area contributed by atoms with Crippen molar-refractivity contribution in [3.63, 3.8) is 0 Å². The lowest BCUT2D eigenvalue weighted by Crippen LogP contribution is -2.33. The van der Waals surface area contributed by atoms with E-state index in [1.165, 1.54) is 12.8 Å². The highest BCUT2D eigenvalue weighted by Crippen LogP contribution is 2.34. The van der Waals surface area contributed by atoms with Crippen molar-refractivity contribution in [1.29, 1.82) is 0 Å². The molecule has 1 aromatic carbocycles. The zero-order valence-corrected chi connectivity index (χ0v) is 12.8. The number of hydrogen-bond donors (Lipinski definition) is 1. The van der Waals surface area contributed by atoms with Crippen LogP contribution >= 0.6 is 47.2 Å². The van der Waals surface area contributed by atoms with Gasteiger partial charge in [-0.2, -0.15) is 0 Å². The van der Waals surface area contributed by atoms with E-state index < -0.39 is 0 Å². The Bertz CT molecular complexity index is 394. The van der Waals surface area contributed by atoms with Crippen molar-refractivity contribution < 1.29 is 4.74 Å². The summed E-state index contributed by atoms with van der Waals surface area (Å²) in [5.41, 5.74) is 0. The average Bonchev–Trinajstić information content (AvgIpc) is 2.33. The standard InChI is InChI=1S/C12H14Cl3NO.ClH/c13-9-4-11(15)12(5-10(9)14)17-7-8-2-1-3-16-6-8;/h4-5,8,16H,1-3,6-7H2;1H. The van der Waals surface area contributed by atoms with E-state index >= 15 is 0 Å². The smallest absolute Gasteiger partial charge is 0.139 e. The van der Waals surface area contributed by atoms with Gasteiger partial charge in [0.1, 0.15) is 5.75 Å². The zero-order valence-electron chi connectivity index (χ0n) is 9.72. The molecular weight excluding hydrogens is 316 g/mol. The number of rotatable bonds is 3. The topological polar surface area (TPSA) is 21.3 Å². The first kappa shape index (κ1) is 16.2. The average molecular weight is 331 g/mol. The predicted octanol–water partition coefficient (Wildman–Crippen LogP) is 4.45. The number of hydrogen-bond acceptors (Lipinski definition) is 2. The highest BCUT2D eigenvalue weighted by molar-refractivity contribution is 6.43. The first-order valence-corrected chi connectivity index (χ1v) is 6.78. The number of benzene rings is 1. The SMILES string of the molecule is Cl.Clc1cc(Cl)c(OCC2CCCNC2)cc1Cl. The molecule has 1 aromatic rings. The minimum absolute atomic E-state index is 0. The summed E-state index contributed by atoms with van der Waals surface area (Å²) in [5.74, 6) is 1.14. The summed E-state index contributed by atoms with van der Waals surface area (Å²) in [5, 5.41) is 4.76. The Hall–Kier alpha value is 0.140. The number of halogens is 4. The molecule has 0 aliphatic carbocycles. The predicted molar refractivity (Wildman–Crippen MR) is 79.8 cm³/mol. The fraction of sp³-hybridized carbons (Fsp3) is 0.500. The van der Waals surface area contributed by atoms with Crippen LogP contribution in [0.3, 0.4) is 0 Å². The van der Waals surface area contributed by atoms with Gasteiger partial charge in [-0.3, -0.25) is 0 Å². The second-order valence-corrected chi connectivity index (χ2v) is 5.44. The van der Waals surface area contributed by atoms with Gasteiger partial charge in [0.2, 0.25) is 0 Å². The highest BCUT2D eigenvalue weighted by Gasteiger charge is 2.15. The molecule has 0 radical (unpaired) electrons. The van der Waals surface area contributed by atoms with Crippen LogP contribution in [0, 0.1) is 5.92 Å². The maximum Gasteiger partial charge on any atom is 0.139 e. The molecule has 1 aliphatic heterocycles. The molecule has 1 atom stereocenters. The summed E-state index contributed by atoms with van der Waals surface area (Å²) in [6.07, 6.45) is 2.38. The Balaban J connectivity index is 0.00000162. The van der Waals surface area contributed by atoms with Crippen molar-refractivity contribution in [1.82, 2.24) is 5.32 Å². The lowest BCUT2D eigenvalue weighted by atomic mass is 10.0. The van der Waals surface area contributed by atoms with Crippen LogP contribution in [0.15, 0.2) is 12.1 Å². The Kier molecular flexibility index (Phi) is 6.89. The minimum Gasteiger partial charge on any atom is -0.492 e. The fourth-order valence-electron chi connectivity index (χ4n) is 1.89. The van der Waals surface area contributed by atoms with E-state index in [1.807, 2.05) is 0 Å². The van der Waals surface area contributed by atoms with Crippen LogP contribution in [0.25, 0.3) is 0 Å². The van der Waals surface area contributed by atoms with Crippen LogP contribution in [0.1, 0.15) is 12.8 Å². The van der Waals surface area contributed by atoms with Gasteiger partial charge in [0.25, 0.3) is 0 Å². The summed E-state index contributed by atoms with van der Waals surface area (Å²) in [6, 6.07) is 3.28. The second kappa shape index (κ2) is 7.66. The molecule has 0 amide bonds. The molecule has 18 heavy (non-hydrogen) atoms. The molecule has 2 nitrogen and oxygen atoms in total. The number of piperidine rings is 1. The van der Waals surface area contributed by atoms with Gasteiger partial charge in [-0.15, -0.1) is 12.4 Å². The van der Waals surface area contributed by atoms with E-state index in [9.17, 15) is 0 Å². The van der Waals surface area contributed by atoms with Gasteiger partial charge < -0.3 is 10.1 Å². The summed E-state index contributed by atoms with van der Waals surface area (Å²) >= 11 is 17.8. The van der Waals surface area contributed by atoms with Gasteiger partial charge >= 0.3 is 0 Å². The summed E-state index contributed by atoms with van der Waals surface area (Å²) in [6.45, 7) is 2.76. The van der Waals surface area contributed by atoms with E-state index in [0.29, 0.717) is 33.3 Å². The molecule has 0 spiro atoms. The maximum atomic E-state index is 6.04. The first-order valence-electron chi connectivity index (χ1n) is 5.65. The van der Waals surface area contributed by atoms with Crippen LogP contribution in [0.2, 0.25) is 15.1 Å². The quantitative estimate of drug-likeness (QED) is 0.827. The molecule has 6 heteroatoms. The summed E-state index contributed by atoms with van der Waals surface area (Å²) < 4.78 is 5.70. The third kappa shape index (κ3) is 4.36. The van der Waals surface area contributed by atoms with Crippen molar-refractivity contribution >= 4 is 47.2 Å². The lowest BCUT2D eigenvalue weighted by Gasteiger charge is -2.23. The Morgan fingerprint density at radius 2 is 1.89 bits per heavy atom. The number of ether oxygens (including phenoxy) is 1. The van der Waals surface area contributed by atoms with E-state index in [2.05, 4.69) is 5.32 Å². The van der Waals surface area contributed by atoms with Crippen LogP contribution in [-0.2, 0) is 0 Å². The van der Waals surface area contributed by atoms with Crippen LogP contribution in [0.5, 0.6) is 5.75 Å². The van der Waals surface area contributed by atoms with Crippen LogP contribution in [0.4, 0.5) is 0 Å². The van der Waals surface area contributed by atoms with Crippen molar-refractivity contribution in [3.8, 4) is 5.75 Å². The summed E-state index contributed by atoms with van der Waals surface area (Å²) in [4.78, 5) is 0. The minimum atomic E-state index is 0. The fourth-order valence-corrected chi connectivity index (χ4v) is 2.48. The van der Waals surface area contributed by atoms with E-state index in [-0.39, 0.29) is 12.4 Å². The molecule has 1 aliphatic rings. The largest absolute Gasteiger partial charge is 0.492 e. The van der Waals surface area contributed by atoms with Crippen molar-refractivity contribution in [3.05, 3.63) is 27.2 Å². The first-order chi connectivity index (χ1) is 8.16. The molecule has 102 valence electrons. The molecule has 0 bridgehead atoms. The third-order valence-corrected chi connectivity index (χ3v) is 3.87. The Labute approximate surface area is 128 Å². The van der Waals surface area contributed by atoms with Gasteiger partial charge in [0.05, 0.1) is 21.7 Å². The van der Waals surface area contributed by atoms with Gasteiger partial charge in [0.15, 0.2) is 0 Å². The molecule has 0 aromatic heterocycles. The van der Waals surface area contributed by atoms with Crippen molar-refractivity contribution in [2.24, 2.45) is 5.92 Å². The highest BCUT2D eigenvalue weighted by atomic mass is 35.5. The molecule has 2 rings (SSSR count). The van der Waals surface area contributed by atoms with E-state index in [0.717, 1.165) is 13.1 Å². The van der Waals surface area contributed by atoms with Gasteiger partial charge in [-0.25, -0.2) is 0 Å². The third-order valence-electron chi connectivity index (χ3n) is 2.85. The van der Waals surface area contributed by atoms with Crippen LogP contribution in [-0.4, -0.2) is 19.7 Å². The molecule has 1 saturated heterocycles. The number of nitrogens with one attached hydrogen (secondary N) is 1. The molecular formula is C12H15Cl4NO. The Morgan fingerprint density at radius 3 is 2.56 bits per heavy atom. The van der Waals surface area contributed by atoms with Gasteiger partial charge in [-0.05, 0) is 25.5 Å². The second-order valence-electron chi connectivity index (χ2n) is 4.22. The van der Waals surface area contributed by atoms with Gasteiger partial charge in [0, 0.05) is 18.5 Å². The monoisotopic (exact) mass is 329 g/mol. The lowest BCUT2D eigenvalue weighted by molar-refractivity contribution is 0.218. The molecule has 1 unspecified atom stereocenters. The van der Waals surface area contributed by atoms with Gasteiger partial charge in [-0.1, -0.05) is 34.8 Å².